The summed E-state index contributed by atoms with van der Waals surface area (Å²) in [7, 11) is -3.06. The van der Waals surface area contributed by atoms with E-state index in [1.165, 1.54) is 12.1 Å². The number of sulfone groups is 1. The Labute approximate surface area is 127 Å². The molecule has 4 nitrogen and oxygen atoms in total. The molecule has 0 aliphatic carbocycles. The molecule has 0 saturated carbocycles. The van der Waals surface area contributed by atoms with Gasteiger partial charge in [0.1, 0.15) is 11.6 Å². The van der Waals surface area contributed by atoms with Crippen molar-refractivity contribution in [2.45, 2.75) is 31.2 Å². The summed E-state index contributed by atoms with van der Waals surface area (Å²) in [4.78, 5) is 4.41. The highest BCUT2D eigenvalue weighted by Crippen LogP contribution is 2.37. The molecule has 2 atom stereocenters. The van der Waals surface area contributed by atoms with Crippen LogP contribution in [0.15, 0.2) is 18.2 Å². The summed E-state index contributed by atoms with van der Waals surface area (Å²) < 4.78 is 39.0. The topological polar surface area (TPSA) is 52.0 Å². The van der Waals surface area contributed by atoms with Crippen LogP contribution in [0.25, 0.3) is 11.0 Å². The van der Waals surface area contributed by atoms with Crippen LogP contribution in [0.3, 0.4) is 0 Å². The molecule has 1 aromatic carbocycles. The van der Waals surface area contributed by atoms with Crippen LogP contribution in [-0.4, -0.2) is 29.5 Å². The van der Waals surface area contributed by atoms with Crippen LogP contribution >= 0.6 is 11.6 Å². The quantitative estimate of drug-likeness (QED) is 0.795. The number of rotatable bonds is 2. The zero-order valence-electron chi connectivity index (χ0n) is 11.8. The van der Waals surface area contributed by atoms with Crippen molar-refractivity contribution in [2.75, 3.05) is 11.5 Å². The van der Waals surface area contributed by atoms with Gasteiger partial charge >= 0.3 is 0 Å². The lowest BCUT2D eigenvalue weighted by Crippen LogP contribution is -2.33. The van der Waals surface area contributed by atoms with Crippen LogP contribution in [0.4, 0.5) is 4.39 Å². The van der Waals surface area contributed by atoms with E-state index in [2.05, 4.69) is 4.98 Å². The standard InChI is InChI=1S/C14H16ClFN2O2S/c1-9(15)13-17-11-7-10(16)3-4-12(11)18(13)14(2)5-6-21(19,20)8-14/h3-4,7,9H,5-6,8H2,1-2H3. The molecule has 7 heteroatoms. The molecule has 1 aliphatic rings. The molecule has 0 amide bonds. The normalized spacial score (nSPS) is 26.3. The Kier molecular flexibility index (Phi) is 3.29. The van der Waals surface area contributed by atoms with Gasteiger partial charge in [-0.05, 0) is 32.4 Å². The fraction of sp³-hybridized carbons (Fsp3) is 0.500. The summed E-state index contributed by atoms with van der Waals surface area (Å²) >= 11 is 6.20. The molecular formula is C14H16ClFN2O2S. The highest BCUT2D eigenvalue weighted by molar-refractivity contribution is 7.91. The zero-order valence-corrected chi connectivity index (χ0v) is 13.4. The molecule has 2 unspecified atom stereocenters. The van der Waals surface area contributed by atoms with E-state index in [4.69, 9.17) is 11.6 Å². The molecule has 1 aromatic heterocycles. The number of fused-ring (bicyclic) bond motifs is 1. The van der Waals surface area contributed by atoms with Gasteiger partial charge in [0.15, 0.2) is 9.84 Å². The Morgan fingerprint density at radius 2 is 2.19 bits per heavy atom. The number of nitrogens with zero attached hydrogens (tertiary/aromatic N) is 2. The van der Waals surface area contributed by atoms with E-state index in [1.807, 2.05) is 11.5 Å². The zero-order chi connectivity index (χ0) is 15.4. The van der Waals surface area contributed by atoms with Crippen molar-refractivity contribution in [2.24, 2.45) is 0 Å². The van der Waals surface area contributed by atoms with Gasteiger partial charge in [-0.25, -0.2) is 17.8 Å². The molecule has 2 heterocycles. The van der Waals surface area contributed by atoms with Crippen LogP contribution in [0.1, 0.15) is 31.5 Å². The number of alkyl halides is 1. The van der Waals surface area contributed by atoms with E-state index in [-0.39, 0.29) is 22.7 Å². The van der Waals surface area contributed by atoms with Crippen molar-refractivity contribution in [1.82, 2.24) is 9.55 Å². The molecule has 0 bridgehead atoms. The molecule has 114 valence electrons. The van der Waals surface area contributed by atoms with Gasteiger partial charge in [0.25, 0.3) is 0 Å². The fourth-order valence-corrected chi connectivity index (χ4v) is 5.34. The maximum Gasteiger partial charge on any atom is 0.152 e. The first-order valence-electron chi connectivity index (χ1n) is 6.75. The van der Waals surface area contributed by atoms with Gasteiger partial charge in [-0.2, -0.15) is 0 Å². The SMILES string of the molecule is CC(Cl)c1nc2cc(F)ccc2n1C1(C)CCS(=O)(=O)C1. The second kappa shape index (κ2) is 4.68. The lowest BCUT2D eigenvalue weighted by molar-refractivity contribution is 0.363. The highest BCUT2D eigenvalue weighted by atomic mass is 35.5. The second-order valence-electron chi connectivity index (χ2n) is 5.89. The van der Waals surface area contributed by atoms with Crippen LogP contribution < -0.4 is 0 Å². The first-order chi connectivity index (χ1) is 9.72. The van der Waals surface area contributed by atoms with Gasteiger partial charge in [-0.3, -0.25) is 0 Å². The molecular weight excluding hydrogens is 315 g/mol. The third kappa shape index (κ3) is 2.44. The van der Waals surface area contributed by atoms with Gasteiger partial charge in [-0.15, -0.1) is 11.6 Å². The molecule has 1 fully saturated rings. The number of hydrogen-bond acceptors (Lipinski definition) is 3. The number of halogens is 2. The van der Waals surface area contributed by atoms with Crippen molar-refractivity contribution in [1.29, 1.82) is 0 Å². The fourth-order valence-electron chi connectivity index (χ4n) is 3.08. The smallest absolute Gasteiger partial charge is 0.152 e. The van der Waals surface area contributed by atoms with Crippen LogP contribution in [0, 0.1) is 5.82 Å². The van der Waals surface area contributed by atoms with Crippen molar-refractivity contribution in [3.05, 3.63) is 29.8 Å². The summed E-state index contributed by atoms with van der Waals surface area (Å²) in [5.74, 6) is 0.418. The van der Waals surface area contributed by atoms with E-state index in [0.717, 1.165) is 5.52 Å². The Bertz CT molecular complexity index is 816. The number of hydrogen-bond donors (Lipinski definition) is 0. The lowest BCUT2D eigenvalue weighted by Gasteiger charge is -2.28. The van der Waals surface area contributed by atoms with Gasteiger partial charge in [0.2, 0.25) is 0 Å². The van der Waals surface area contributed by atoms with Gasteiger partial charge in [0, 0.05) is 6.07 Å². The Morgan fingerprint density at radius 1 is 1.48 bits per heavy atom. The minimum Gasteiger partial charge on any atom is -0.320 e. The second-order valence-corrected chi connectivity index (χ2v) is 8.73. The molecule has 1 aliphatic heterocycles. The van der Waals surface area contributed by atoms with E-state index < -0.39 is 15.4 Å². The third-order valence-corrected chi connectivity index (χ3v) is 6.10. The van der Waals surface area contributed by atoms with E-state index in [9.17, 15) is 12.8 Å². The molecule has 21 heavy (non-hydrogen) atoms. The molecule has 0 N–H and O–H groups in total. The van der Waals surface area contributed by atoms with Crippen LogP contribution in [0.5, 0.6) is 0 Å². The minimum atomic E-state index is -3.06. The van der Waals surface area contributed by atoms with E-state index >= 15 is 0 Å². The van der Waals surface area contributed by atoms with Gasteiger partial charge in [0.05, 0.1) is 33.5 Å². The average Bonchev–Trinajstić information content (AvgIpc) is 2.87. The number of aromatic nitrogens is 2. The first kappa shape index (κ1) is 14.8. The van der Waals surface area contributed by atoms with Gasteiger partial charge in [-0.1, -0.05) is 0 Å². The molecule has 3 rings (SSSR count). The Hall–Kier alpha value is -1.14. The maximum atomic E-state index is 13.4. The number of benzene rings is 1. The third-order valence-electron chi connectivity index (χ3n) is 4.02. The molecule has 2 aromatic rings. The predicted octanol–water partition coefficient (Wildman–Crippen LogP) is 3.01. The average molecular weight is 331 g/mol. The number of imidazole rings is 1. The van der Waals surface area contributed by atoms with Crippen molar-refractivity contribution in [3.63, 3.8) is 0 Å². The largest absolute Gasteiger partial charge is 0.320 e. The summed E-state index contributed by atoms with van der Waals surface area (Å²) in [6.07, 6.45) is 0.509. The maximum absolute atomic E-state index is 13.4. The summed E-state index contributed by atoms with van der Waals surface area (Å²) in [6.45, 7) is 3.67. The molecule has 0 radical (unpaired) electrons. The monoisotopic (exact) mass is 330 g/mol. The first-order valence-corrected chi connectivity index (χ1v) is 9.00. The highest BCUT2D eigenvalue weighted by Gasteiger charge is 2.42. The van der Waals surface area contributed by atoms with Crippen molar-refractivity contribution >= 4 is 32.5 Å². The van der Waals surface area contributed by atoms with Crippen LogP contribution in [0.2, 0.25) is 0 Å². The molecule has 1 saturated heterocycles. The summed E-state index contributed by atoms with van der Waals surface area (Å²) in [6, 6.07) is 4.34. The Balaban J connectivity index is 2.28. The summed E-state index contributed by atoms with van der Waals surface area (Å²) in [5, 5.41) is -0.388. The van der Waals surface area contributed by atoms with Gasteiger partial charge < -0.3 is 4.57 Å². The van der Waals surface area contributed by atoms with E-state index in [1.54, 1.807) is 13.0 Å². The lowest BCUT2D eigenvalue weighted by atomic mass is 10.0. The minimum absolute atomic E-state index is 0.0550. The van der Waals surface area contributed by atoms with Crippen LogP contribution in [-0.2, 0) is 15.4 Å². The van der Waals surface area contributed by atoms with E-state index in [0.29, 0.717) is 17.8 Å². The van der Waals surface area contributed by atoms with Crippen molar-refractivity contribution in [3.8, 4) is 0 Å². The summed E-state index contributed by atoms with van der Waals surface area (Å²) in [5.41, 5.74) is 0.630. The predicted molar refractivity (Wildman–Crippen MR) is 80.9 cm³/mol. The molecule has 0 spiro atoms. The Morgan fingerprint density at radius 3 is 2.76 bits per heavy atom. The van der Waals surface area contributed by atoms with Crippen molar-refractivity contribution < 1.29 is 12.8 Å².